The van der Waals surface area contributed by atoms with Gasteiger partial charge in [0.25, 0.3) is 0 Å². The first-order valence-corrected chi connectivity index (χ1v) is 4.47. The Bertz CT molecular complexity index is 345. The molecule has 4 heteroatoms. The molecule has 0 saturated heterocycles. The van der Waals surface area contributed by atoms with Gasteiger partial charge < -0.3 is 15.6 Å². The zero-order chi connectivity index (χ0) is 11.3. The van der Waals surface area contributed by atoms with Crippen LogP contribution in [0.2, 0.25) is 0 Å². The van der Waals surface area contributed by atoms with Crippen LogP contribution >= 0.6 is 0 Å². The van der Waals surface area contributed by atoms with Crippen molar-refractivity contribution in [2.45, 2.75) is 6.04 Å². The van der Waals surface area contributed by atoms with E-state index in [1.54, 1.807) is 30.3 Å². The summed E-state index contributed by atoms with van der Waals surface area (Å²) in [7, 11) is 0. The number of nitrogens with two attached hydrogens (primary N) is 1. The van der Waals surface area contributed by atoms with E-state index in [-0.39, 0.29) is 0 Å². The molecule has 1 rings (SSSR count). The second-order valence-corrected chi connectivity index (χ2v) is 2.98. The van der Waals surface area contributed by atoms with Gasteiger partial charge in [0.1, 0.15) is 18.4 Å². The molecule has 0 fully saturated rings. The normalized spacial score (nSPS) is 11.8. The maximum absolute atomic E-state index is 10.6. The third-order valence-corrected chi connectivity index (χ3v) is 1.87. The van der Waals surface area contributed by atoms with Crippen LogP contribution in [0.4, 0.5) is 0 Å². The minimum Gasteiger partial charge on any atom is -0.490 e. The molecule has 0 aromatic heterocycles. The van der Waals surface area contributed by atoms with Gasteiger partial charge in [0.15, 0.2) is 0 Å². The molecule has 0 spiro atoms. The Morgan fingerprint density at radius 3 is 2.60 bits per heavy atom. The molecule has 3 N–H and O–H groups in total. The number of carboxylic acid groups (broad SMARTS) is 1. The fourth-order valence-corrected chi connectivity index (χ4v) is 1.07. The first-order valence-electron chi connectivity index (χ1n) is 4.47. The first kappa shape index (κ1) is 11.3. The van der Waals surface area contributed by atoms with Gasteiger partial charge in [-0.25, -0.2) is 0 Å². The molecule has 1 aromatic carbocycles. The SMILES string of the molecule is C=CCOc1ccc([C@H](N)C(=O)O)cc1. The lowest BCUT2D eigenvalue weighted by Crippen LogP contribution is -2.20. The van der Waals surface area contributed by atoms with Gasteiger partial charge in [-0.3, -0.25) is 4.79 Å². The number of hydrogen-bond acceptors (Lipinski definition) is 3. The number of carboxylic acids is 1. The molecule has 80 valence electrons. The van der Waals surface area contributed by atoms with Crippen molar-refractivity contribution in [3.05, 3.63) is 42.5 Å². The maximum atomic E-state index is 10.6. The van der Waals surface area contributed by atoms with Gasteiger partial charge in [-0.2, -0.15) is 0 Å². The summed E-state index contributed by atoms with van der Waals surface area (Å²) < 4.78 is 5.24. The number of carbonyl (C=O) groups is 1. The number of hydrogen-bond donors (Lipinski definition) is 2. The van der Waals surface area contributed by atoms with E-state index in [1.165, 1.54) is 0 Å². The van der Waals surface area contributed by atoms with E-state index in [9.17, 15) is 4.79 Å². The zero-order valence-electron chi connectivity index (χ0n) is 8.22. The van der Waals surface area contributed by atoms with Crippen LogP contribution < -0.4 is 10.5 Å². The molecule has 0 aliphatic rings. The van der Waals surface area contributed by atoms with E-state index in [4.69, 9.17) is 15.6 Å². The zero-order valence-corrected chi connectivity index (χ0v) is 8.22. The van der Waals surface area contributed by atoms with Gasteiger partial charge in [0.2, 0.25) is 0 Å². The van der Waals surface area contributed by atoms with E-state index in [1.807, 2.05) is 0 Å². The summed E-state index contributed by atoms with van der Waals surface area (Å²) in [6, 6.07) is 5.65. The number of benzene rings is 1. The molecule has 0 aliphatic carbocycles. The average molecular weight is 207 g/mol. The van der Waals surface area contributed by atoms with E-state index < -0.39 is 12.0 Å². The Morgan fingerprint density at radius 2 is 2.13 bits per heavy atom. The van der Waals surface area contributed by atoms with Crippen molar-refractivity contribution in [1.29, 1.82) is 0 Å². The highest BCUT2D eigenvalue weighted by molar-refractivity contribution is 5.75. The minimum atomic E-state index is -1.05. The molecule has 1 aromatic rings. The smallest absolute Gasteiger partial charge is 0.325 e. The summed E-state index contributed by atoms with van der Waals surface area (Å²) in [5.74, 6) is -0.383. The van der Waals surface area contributed by atoms with Gasteiger partial charge in [-0.15, -0.1) is 0 Å². The molecule has 0 aliphatic heterocycles. The summed E-state index contributed by atoms with van der Waals surface area (Å²) in [4.78, 5) is 10.6. The summed E-state index contributed by atoms with van der Waals surface area (Å²) in [5.41, 5.74) is 5.98. The fourth-order valence-electron chi connectivity index (χ4n) is 1.07. The Balaban J connectivity index is 2.71. The van der Waals surface area contributed by atoms with Crippen LogP contribution in [-0.4, -0.2) is 17.7 Å². The van der Waals surface area contributed by atoms with Crippen molar-refractivity contribution in [2.24, 2.45) is 5.73 Å². The highest BCUT2D eigenvalue weighted by Gasteiger charge is 2.13. The van der Waals surface area contributed by atoms with Gasteiger partial charge >= 0.3 is 5.97 Å². The largest absolute Gasteiger partial charge is 0.490 e. The van der Waals surface area contributed by atoms with Crippen molar-refractivity contribution in [3.8, 4) is 5.75 Å². The standard InChI is InChI=1S/C11H13NO3/c1-2-7-15-9-5-3-8(4-6-9)10(12)11(13)14/h2-6,10H,1,7,12H2,(H,13,14)/t10-/m0/s1. The van der Waals surface area contributed by atoms with Gasteiger partial charge in [-0.1, -0.05) is 24.8 Å². The van der Waals surface area contributed by atoms with E-state index >= 15 is 0 Å². The van der Waals surface area contributed by atoms with Gasteiger partial charge in [-0.05, 0) is 17.7 Å². The minimum absolute atomic E-state index is 0.421. The highest BCUT2D eigenvalue weighted by atomic mass is 16.5. The van der Waals surface area contributed by atoms with E-state index in [0.29, 0.717) is 17.9 Å². The first-order chi connectivity index (χ1) is 7.15. The van der Waals surface area contributed by atoms with Crippen molar-refractivity contribution < 1.29 is 14.6 Å². The monoisotopic (exact) mass is 207 g/mol. The lowest BCUT2D eigenvalue weighted by atomic mass is 10.1. The van der Waals surface area contributed by atoms with Crippen LogP contribution in [0.15, 0.2) is 36.9 Å². The van der Waals surface area contributed by atoms with E-state index in [2.05, 4.69) is 6.58 Å². The molecule has 0 heterocycles. The van der Waals surface area contributed by atoms with Crippen LogP contribution in [0.3, 0.4) is 0 Å². The molecular weight excluding hydrogens is 194 g/mol. The van der Waals surface area contributed by atoms with Gasteiger partial charge in [0, 0.05) is 0 Å². The molecule has 15 heavy (non-hydrogen) atoms. The quantitative estimate of drug-likeness (QED) is 0.714. The molecule has 0 unspecified atom stereocenters. The van der Waals surface area contributed by atoms with Crippen LogP contribution in [-0.2, 0) is 4.79 Å². The van der Waals surface area contributed by atoms with Gasteiger partial charge in [0.05, 0.1) is 0 Å². The average Bonchev–Trinajstić information content (AvgIpc) is 2.26. The lowest BCUT2D eigenvalue weighted by Gasteiger charge is -2.08. The Labute approximate surface area is 88.0 Å². The van der Waals surface area contributed by atoms with Crippen molar-refractivity contribution >= 4 is 5.97 Å². The van der Waals surface area contributed by atoms with Crippen LogP contribution in [0.25, 0.3) is 0 Å². The summed E-state index contributed by atoms with van der Waals surface area (Å²) in [5, 5.41) is 8.68. The van der Waals surface area contributed by atoms with Crippen LogP contribution in [0.5, 0.6) is 5.75 Å². The molecule has 4 nitrogen and oxygen atoms in total. The Morgan fingerprint density at radius 1 is 1.53 bits per heavy atom. The second-order valence-electron chi connectivity index (χ2n) is 2.98. The van der Waals surface area contributed by atoms with Crippen molar-refractivity contribution in [2.75, 3.05) is 6.61 Å². The summed E-state index contributed by atoms with van der Waals surface area (Å²) >= 11 is 0. The predicted molar refractivity (Wildman–Crippen MR) is 56.7 cm³/mol. The molecule has 0 radical (unpaired) electrons. The molecule has 0 saturated carbocycles. The van der Waals surface area contributed by atoms with E-state index in [0.717, 1.165) is 0 Å². The third-order valence-electron chi connectivity index (χ3n) is 1.87. The Hall–Kier alpha value is -1.81. The van der Waals surface area contributed by atoms with Crippen molar-refractivity contribution in [3.63, 3.8) is 0 Å². The number of rotatable bonds is 5. The van der Waals surface area contributed by atoms with Crippen LogP contribution in [0, 0.1) is 0 Å². The third kappa shape index (κ3) is 3.11. The molecule has 1 atom stereocenters. The Kier molecular flexibility index (Phi) is 3.88. The topological polar surface area (TPSA) is 72.5 Å². The lowest BCUT2D eigenvalue weighted by molar-refractivity contribution is -0.138. The maximum Gasteiger partial charge on any atom is 0.325 e. The second kappa shape index (κ2) is 5.17. The summed E-state index contributed by atoms with van der Waals surface area (Å²) in [6.45, 7) is 3.94. The number of ether oxygens (including phenoxy) is 1. The molecular formula is C11H13NO3. The molecule has 0 bridgehead atoms. The molecule has 0 amide bonds. The fraction of sp³-hybridized carbons (Fsp3) is 0.182. The number of aliphatic carboxylic acids is 1. The predicted octanol–water partition coefficient (Wildman–Crippen LogP) is 1.34. The van der Waals surface area contributed by atoms with Crippen LogP contribution in [0.1, 0.15) is 11.6 Å². The summed E-state index contributed by atoms with van der Waals surface area (Å²) in [6.07, 6.45) is 1.64. The van der Waals surface area contributed by atoms with Crippen molar-refractivity contribution in [1.82, 2.24) is 0 Å². The highest BCUT2D eigenvalue weighted by Crippen LogP contribution is 2.16.